The molecule has 0 aliphatic rings. The Bertz CT molecular complexity index is 78.9. The average Bonchev–Trinajstić information content (AvgIpc) is 2.07. The first kappa shape index (κ1) is 13.3. The first-order valence-electron chi connectivity index (χ1n) is 4.44. The van der Waals surface area contributed by atoms with Crippen LogP contribution >= 0.6 is 0 Å². The van der Waals surface area contributed by atoms with E-state index in [1.54, 1.807) is 0 Å². The van der Waals surface area contributed by atoms with Crippen LogP contribution in [0.4, 0.5) is 0 Å². The van der Waals surface area contributed by atoms with Gasteiger partial charge in [-0.1, -0.05) is 33.8 Å². The normalized spacial score (nSPS) is 14.3. The van der Waals surface area contributed by atoms with E-state index in [4.69, 9.17) is 5.11 Å². The second-order valence-corrected chi connectivity index (χ2v) is 2.66. The number of hydrogen-bond acceptors (Lipinski definition) is 1. The fraction of sp³-hybridized carbons (Fsp3) is 0.800. The maximum Gasteiger partial charge on any atom is 0.0459 e. The summed E-state index contributed by atoms with van der Waals surface area (Å²) >= 11 is 0. The molecule has 0 saturated carbocycles. The average molecular weight is 158 g/mol. The Morgan fingerprint density at radius 3 is 2.00 bits per heavy atom. The van der Waals surface area contributed by atoms with E-state index in [9.17, 15) is 0 Å². The Kier molecular flexibility index (Phi) is 11.7. The predicted molar refractivity (Wildman–Crippen MR) is 51.6 cm³/mol. The first-order chi connectivity index (χ1) is 5.22. The lowest BCUT2D eigenvalue weighted by atomic mass is 9.94. The molecule has 1 N–H and O–H groups in total. The minimum Gasteiger partial charge on any atom is -0.396 e. The summed E-state index contributed by atoms with van der Waals surface area (Å²) in [5, 5.41) is 8.70. The summed E-state index contributed by atoms with van der Waals surface area (Å²) in [6.07, 6.45) is 2.90. The molecule has 0 aromatic heterocycles. The van der Waals surface area contributed by atoms with Crippen molar-refractivity contribution in [2.24, 2.45) is 11.8 Å². The molecule has 0 heterocycles. The molecule has 0 aromatic rings. The van der Waals surface area contributed by atoms with E-state index in [0.717, 1.165) is 6.42 Å². The molecule has 1 heteroatoms. The minimum atomic E-state index is 0.287. The first-order valence-corrected chi connectivity index (χ1v) is 4.44. The second kappa shape index (κ2) is 9.70. The van der Waals surface area contributed by atoms with E-state index < -0.39 is 0 Å². The highest BCUT2D eigenvalue weighted by Gasteiger charge is 2.07. The number of hydrogen-bond donors (Lipinski definition) is 1. The number of aliphatic hydroxyl groups excluding tert-OH is 1. The molecule has 0 spiro atoms. The smallest absolute Gasteiger partial charge is 0.0459 e. The topological polar surface area (TPSA) is 20.2 Å². The summed E-state index contributed by atoms with van der Waals surface area (Å²) in [7, 11) is 0. The van der Waals surface area contributed by atoms with Gasteiger partial charge >= 0.3 is 0 Å². The number of aliphatic hydroxyl groups is 1. The molecule has 0 aliphatic heterocycles. The van der Waals surface area contributed by atoms with E-state index in [1.807, 2.05) is 26.8 Å². The van der Waals surface area contributed by atoms with Crippen molar-refractivity contribution in [1.82, 2.24) is 0 Å². The SMILES string of the molecule is C=CCC(C)C(C)CO.CC. The molecule has 11 heavy (non-hydrogen) atoms. The predicted octanol–water partition coefficient (Wildman–Crippen LogP) is 2.85. The monoisotopic (exact) mass is 158 g/mol. The van der Waals surface area contributed by atoms with Crippen LogP contribution in [0, 0.1) is 11.8 Å². The summed E-state index contributed by atoms with van der Waals surface area (Å²) in [6.45, 7) is 12.1. The minimum absolute atomic E-state index is 0.287. The van der Waals surface area contributed by atoms with Crippen LogP contribution in [0.5, 0.6) is 0 Å². The van der Waals surface area contributed by atoms with Gasteiger partial charge in [0.25, 0.3) is 0 Å². The molecule has 2 atom stereocenters. The zero-order chi connectivity index (χ0) is 9.28. The van der Waals surface area contributed by atoms with Gasteiger partial charge in [-0.25, -0.2) is 0 Å². The van der Waals surface area contributed by atoms with E-state index in [2.05, 4.69) is 13.5 Å². The fourth-order valence-electron chi connectivity index (χ4n) is 0.675. The molecule has 0 amide bonds. The Morgan fingerprint density at radius 1 is 1.27 bits per heavy atom. The van der Waals surface area contributed by atoms with E-state index >= 15 is 0 Å². The Morgan fingerprint density at radius 2 is 1.73 bits per heavy atom. The summed E-state index contributed by atoms with van der Waals surface area (Å²) in [4.78, 5) is 0. The van der Waals surface area contributed by atoms with Crippen LogP contribution in [-0.4, -0.2) is 11.7 Å². The summed E-state index contributed by atoms with van der Waals surface area (Å²) in [5.74, 6) is 0.968. The third-order valence-corrected chi connectivity index (χ3v) is 1.80. The van der Waals surface area contributed by atoms with Crippen molar-refractivity contribution >= 4 is 0 Å². The van der Waals surface area contributed by atoms with Crippen LogP contribution < -0.4 is 0 Å². The molecular weight excluding hydrogens is 136 g/mol. The maximum absolute atomic E-state index is 8.70. The van der Waals surface area contributed by atoms with Crippen molar-refractivity contribution in [3.05, 3.63) is 12.7 Å². The largest absolute Gasteiger partial charge is 0.396 e. The molecule has 0 aromatic carbocycles. The molecule has 1 nitrogen and oxygen atoms in total. The van der Waals surface area contributed by atoms with Gasteiger partial charge in [0.05, 0.1) is 0 Å². The zero-order valence-corrected chi connectivity index (χ0v) is 8.30. The van der Waals surface area contributed by atoms with Gasteiger partial charge in [0.1, 0.15) is 0 Å². The lowest BCUT2D eigenvalue weighted by molar-refractivity contribution is 0.196. The summed E-state index contributed by atoms with van der Waals surface area (Å²) in [6, 6.07) is 0. The van der Waals surface area contributed by atoms with Gasteiger partial charge in [0, 0.05) is 6.61 Å². The van der Waals surface area contributed by atoms with Gasteiger partial charge in [0.2, 0.25) is 0 Å². The lowest BCUT2D eigenvalue weighted by Crippen LogP contribution is -2.10. The quantitative estimate of drug-likeness (QED) is 0.624. The summed E-state index contributed by atoms with van der Waals surface area (Å²) in [5.41, 5.74) is 0. The van der Waals surface area contributed by atoms with E-state index in [0.29, 0.717) is 11.8 Å². The fourth-order valence-corrected chi connectivity index (χ4v) is 0.675. The Hall–Kier alpha value is -0.300. The zero-order valence-electron chi connectivity index (χ0n) is 8.30. The van der Waals surface area contributed by atoms with Crippen LogP contribution in [0.2, 0.25) is 0 Å². The molecule has 68 valence electrons. The molecule has 0 fully saturated rings. The summed E-state index contributed by atoms with van der Waals surface area (Å²) < 4.78 is 0. The van der Waals surface area contributed by atoms with Gasteiger partial charge in [-0.15, -0.1) is 6.58 Å². The van der Waals surface area contributed by atoms with Gasteiger partial charge in [-0.05, 0) is 18.3 Å². The highest BCUT2D eigenvalue weighted by molar-refractivity contribution is 4.73. The molecule has 0 bridgehead atoms. The molecule has 0 aliphatic carbocycles. The van der Waals surface area contributed by atoms with Crippen molar-refractivity contribution < 1.29 is 5.11 Å². The third-order valence-electron chi connectivity index (χ3n) is 1.80. The molecular formula is C10H22O. The highest BCUT2D eigenvalue weighted by atomic mass is 16.3. The maximum atomic E-state index is 8.70. The van der Waals surface area contributed by atoms with Gasteiger partial charge < -0.3 is 5.11 Å². The number of allylic oxidation sites excluding steroid dienone is 1. The van der Waals surface area contributed by atoms with Crippen molar-refractivity contribution in [3.63, 3.8) is 0 Å². The van der Waals surface area contributed by atoms with Crippen LogP contribution in [0.3, 0.4) is 0 Å². The molecule has 0 saturated heterocycles. The molecule has 2 unspecified atom stereocenters. The molecule has 0 radical (unpaired) electrons. The van der Waals surface area contributed by atoms with Crippen molar-refractivity contribution in [2.45, 2.75) is 34.1 Å². The van der Waals surface area contributed by atoms with Crippen LogP contribution in [0.25, 0.3) is 0 Å². The Labute approximate surface area is 71.1 Å². The lowest BCUT2D eigenvalue weighted by Gasteiger charge is -2.14. The highest BCUT2D eigenvalue weighted by Crippen LogP contribution is 2.13. The van der Waals surface area contributed by atoms with E-state index in [1.165, 1.54) is 0 Å². The number of rotatable bonds is 4. The van der Waals surface area contributed by atoms with Gasteiger partial charge in [0.15, 0.2) is 0 Å². The van der Waals surface area contributed by atoms with Crippen LogP contribution in [-0.2, 0) is 0 Å². The van der Waals surface area contributed by atoms with Crippen molar-refractivity contribution in [3.8, 4) is 0 Å². The van der Waals surface area contributed by atoms with Crippen LogP contribution in [0.1, 0.15) is 34.1 Å². The second-order valence-electron chi connectivity index (χ2n) is 2.66. The van der Waals surface area contributed by atoms with E-state index in [-0.39, 0.29) is 6.61 Å². The van der Waals surface area contributed by atoms with Crippen LogP contribution in [0.15, 0.2) is 12.7 Å². The van der Waals surface area contributed by atoms with Gasteiger partial charge in [-0.3, -0.25) is 0 Å². The molecule has 0 rings (SSSR count). The Balaban J connectivity index is 0. The third kappa shape index (κ3) is 7.60. The van der Waals surface area contributed by atoms with Gasteiger partial charge in [-0.2, -0.15) is 0 Å². The standard InChI is InChI=1S/C8H16O.C2H6/c1-4-5-7(2)8(3)6-9;1-2/h4,7-9H,1,5-6H2,2-3H3;1-2H3. The van der Waals surface area contributed by atoms with Crippen molar-refractivity contribution in [2.75, 3.05) is 6.61 Å². The van der Waals surface area contributed by atoms with Crippen molar-refractivity contribution in [1.29, 1.82) is 0 Å².